The van der Waals surface area contributed by atoms with Gasteiger partial charge in [-0.3, -0.25) is 4.68 Å². The third kappa shape index (κ3) is 3.12. The van der Waals surface area contributed by atoms with E-state index in [0.29, 0.717) is 36.3 Å². The third-order valence-electron chi connectivity index (χ3n) is 4.81. The molecule has 2 aliphatic rings. The van der Waals surface area contributed by atoms with E-state index in [4.69, 9.17) is 11.6 Å². The molecule has 2 unspecified atom stereocenters. The number of nitrogens with zero attached hydrogens (tertiary/aromatic N) is 3. The van der Waals surface area contributed by atoms with Crippen LogP contribution in [-0.4, -0.2) is 41.5 Å². The molecule has 1 aliphatic heterocycles. The van der Waals surface area contributed by atoms with Gasteiger partial charge in [0.25, 0.3) is 0 Å². The lowest BCUT2D eigenvalue weighted by molar-refractivity contribution is 0.136. The highest BCUT2D eigenvalue weighted by molar-refractivity contribution is 7.89. The van der Waals surface area contributed by atoms with Gasteiger partial charge in [-0.1, -0.05) is 19.3 Å². The summed E-state index contributed by atoms with van der Waals surface area (Å²) in [4.78, 5) is 0.293. The summed E-state index contributed by atoms with van der Waals surface area (Å²) in [5.41, 5.74) is 0. The molecule has 3 rings (SSSR count). The lowest BCUT2D eigenvalue weighted by atomic mass is 9.76. The molecule has 1 aromatic rings. The van der Waals surface area contributed by atoms with Crippen LogP contribution in [0.2, 0.25) is 0 Å². The minimum atomic E-state index is -3.40. The molecule has 0 N–H and O–H groups in total. The summed E-state index contributed by atoms with van der Waals surface area (Å²) in [7, 11) is -3.40. The first-order valence-corrected chi connectivity index (χ1v) is 9.67. The Morgan fingerprint density at radius 2 is 2.00 bits per heavy atom. The molecule has 1 aromatic heterocycles. The Labute approximate surface area is 131 Å². The van der Waals surface area contributed by atoms with Crippen molar-refractivity contribution < 1.29 is 8.42 Å². The number of fused-ring (bicyclic) bond motifs is 1. The van der Waals surface area contributed by atoms with E-state index in [1.807, 2.05) is 0 Å². The molecule has 1 saturated carbocycles. The fourth-order valence-electron chi connectivity index (χ4n) is 3.62. The highest BCUT2D eigenvalue weighted by Crippen LogP contribution is 2.37. The Kier molecular flexibility index (Phi) is 4.57. The Balaban J connectivity index is 1.75. The average molecular weight is 332 g/mol. The van der Waals surface area contributed by atoms with Crippen LogP contribution in [0.3, 0.4) is 0 Å². The van der Waals surface area contributed by atoms with Crippen LogP contribution in [0, 0.1) is 11.8 Å². The van der Waals surface area contributed by atoms with E-state index in [9.17, 15) is 8.42 Å². The minimum Gasteiger partial charge on any atom is -0.270 e. The number of piperidine rings is 1. The lowest BCUT2D eigenvalue weighted by Gasteiger charge is -2.40. The summed E-state index contributed by atoms with van der Waals surface area (Å²) in [5, 5.41) is 4.07. The molecule has 0 aromatic carbocycles. The Hall–Kier alpha value is -0.590. The first-order valence-electron chi connectivity index (χ1n) is 7.70. The first kappa shape index (κ1) is 15.3. The van der Waals surface area contributed by atoms with Crippen molar-refractivity contribution in [1.29, 1.82) is 0 Å². The van der Waals surface area contributed by atoms with Gasteiger partial charge in [0.2, 0.25) is 10.0 Å². The van der Waals surface area contributed by atoms with Crippen molar-refractivity contribution in [3.05, 3.63) is 12.4 Å². The van der Waals surface area contributed by atoms with Gasteiger partial charge in [0.1, 0.15) is 4.90 Å². The molecular formula is C14H22ClN3O2S. The third-order valence-corrected chi connectivity index (χ3v) is 6.80. The Morgan fingerprint density at radius 1 is 1.24 bits per heavy atom. The van der Waals surface area contributed by atoms with E-state index in [0.717, 1.165) is 12.3 Å². The fraction of sp³-hybridized carbons (Fsp3) is 0.786. The molecule has 5 nitrogen and oxygen atoms in total. The maximum absolute atomic E-state index is 12.7. The second-order valence-corrected chi connectivity index (χ2v) is 8.40. The van der Waals surface area contributed by atoms with E-state index < -0.39 is 10.0 Å². The minimum absolute atomic E-state index is 0.293. The van der Waals surface area contributed by atoms with Crippen LogP contribution in [0.1, 0.15) is 32.1 Å². The molecule has 1 saturated heterocycles. The predicted octanol–water partition coefficient (Wildman–Crippen LogP) is 2.32. The van der Waals surface area contributed by atoms with Gasteiger partial charge < -0.3 is 0 Å². The van der Waals surface area contributed by atoms with Gasteiger partial charge >= 0.3 is 0 Å². The van der Waals surface area contributed by atoms with E-state index in [1.165, 1.54) is 31.9 Å². The number of hydrogen-bond acceptors (Lipinski definition) is 3. The topological polar surface area (TPSA) is 55.2 Å². The summed E-state index contributed by atoms with van der Waals surface area (Å²) in [6.45, 7) is 1.85. The maximum Gasteiger partial charge on any atom is 0.246 e. The second-order valence-electron chi connectivity index (χ2n) is 6.08. The maximum atomic E-state index is 12.7. The molecular weight excluding hydrogens is 310 g/mol. The van der Waals surface area contributed by atoms with Gasteiger partial charge in [0.05, 0.1) is 12.7 Å². The molecule has 2 heterocycles. The highest BCUT2D eigenvalue weighted by atomic mass is 35.5. The van der Waals surface area contributed by atoms with Gasteiger partial charge in [0.15, 0.2) is 0 Å². The van der Waals surface area contributed by atoms with Crippen molar-refractivity contribution in [2.45, 2.75) is 43.5 Å². The molecule has 2 atom stereocenters. The smallest absolute Gasteiger partial charge is 0.246 e. The summed E-state index contributed by atoms with van der Waals surface area (Å²) < 4.78 is 28.7. The van der Waals surface area contributed by atoms with Crippen LogP contribution in [0.5, 0.6) is 0 Å². The number of aryl methyl sites for hydroxylation is 1. The van der Waals surface area contributed by atoms with Gasteiger partial charge in [-0.25, -0.2) is 8.42 Å². The van der Waals surface area contributed by atoms with E-state index in [-0.39, 0.29) is 0 Å². The molecule has 118 valence electrons. The van der Waals surface area contributed by atoms with Crippen molar-refractivity contribution in [2.24, 2.45) is 11.8 Å². The largest absolute Gasteiger partial charge is 0.270 e. The summed E-state index contributed by atoms with van der Waals surface area (Å²) in [6.07, 6.45) is 9.01. The highest BCUT2D eigenvalue weighted by Gasteiger charge is 2.36. The van der Waals surface area contributed by atoms with Crippen LogP contribution in [0.15, 0.2) is 17.3 Å². The number of sulfonamides is 1. The van der Waals surface area contributed by atoms with Crippen LogP contribution >= 0.6 is 11.6 Å². The summed E-state index contributed by atoms with van der Waals surface area (Å²) in [5.74, 6) is 1.69. The molecule has 1 aliphatic carbocycles. The monoisotopic (exact) mass is 331 g/mol. The fourth-order valence-corrected chi connectivity index (χ4v) is 5.26. The standard InChI is InChI=1S/C14H22ClN3O2S/c15-6-8-17-11-14(9-16-17)21(19,20)18-7-5-12-3-1-2-4-13(12)10-18/h9,11-13H,1-8,10H2. The van der Waals surface area contributed by atoms with Gasteiger partial charge in [-0.05, 0) is 24.7 Å². The van der Waals surface area contributed by atoms with E-state index in [1.54, 1.807) is 15.2 Å². The normalized spacial score (nSPS) is 27.5. The zero-order valence-electron chi connectivity index (χ0n) is 12.1. The van der Waals surface area contributed by atoms with Gasteiger partial charge in [-0.2, -0.15) is 9.40 Å². The van der Waals surface area contributed by atoms with Crippen LogP contribution in [0.25, 0.3) is 0 Å². The molecule has 21 heavy (non-hydrogen) atoms. The molecule has 0 radical (unpaired) electrons. The number of aromatic nitrogens is 2. The van der Waals surface area contributed by atoms with Crippen molar-refractivity contribution in [2.75, 3.05) is 19.0 Å². The zero-order valence-corrected chi connectivity index (χ0v) is 13.7. The quantitative estimate of drug-likeness (QED) is 0.796. The van der Waals surface area contributed by atoms with Crippen molar-refractivity contribution in [3.63, 3.8) is 0 Å². The van der Waals surface area contributed by atoms with Crippen LogP contribution in [0.4, 0.5) is 0 Å². The molecule has 0 bridgehead atoms. The predicted molar refractivity (Wildman–Crippen MR) is 81.8 cm³/mol. The van der Waals surface area contributed by atoms with E-state index in [2.05, 4.69) is 5.10 Å². The van der Waals surface area contributed by atoms with Crippen molar-refractivity contribution in [3.8, 4) is 0 Å². The summed E-state index contributed by atoms with van der Waals surface area (Å²) >= 11 is 5.66. The lowest BCUT2D eigenvalue weighted by Crippen LogP contribution is -2.44. The van der Waals surface area contributed by atoms with Gasteiger partial charge in [0, 0.05) is 25.2 Å². The van der Waals surface area contributed by atoms with Crippen LogP contribution in [-0.2, 0) is 16.6 Å². The zero-order chi connectivity index (χ0) is 14.9. The number of hydrogen-bond donors (Lipinski definition) is 0. The van der Waals surface area contributed by atoms with Crippen molar-refractivity contribution in [1.82, 2.24) is 14.1 Å². The van der Waals surface area contributed by atoms with Gasteiger partial charge in [-0.15, -0.1) is 11.6 Å². The average Bonchev–Trinajstić information content (AvgIpc) is 2.96. The SMILES string of the molecule is O=S(=O)(c1cnn(CCCl)c1)N1CCC2CCCCC2C1. The van der Waals surface area contributed by atoms with E-state index >= 15 is 0 Å². The second kappa shape index (κ2) is 6.26. The summed E-state index contributed by atoms with van der Waals surface area (Å²) in [6, 6.07) is 0. The van der Waals surface area contributed by atoms with Crippen LogP contribution < -0.4 is 0 Å². The molecule has 2 fully saturated rings. The molecule has 0 spiro atoms. The number of rotatable bonds is 4. The Bertz CT molecular complexity index is 587. The Morgan fingerprint density at radius 3 is 2.76 bits per heavy atom. The molecule has 0 amide bonds. The molecule has 7 heteroatoms. The number of halogens is 1. The number of alkyl halides is 1. The first-order chi connectivity index (χ1) is 10.1. The van der Waals surface area contributed by atoms with Crippen molar-refractivity contribution >= 4 is 21.6 Å².